The van der Waals surface area contributed by atoms with Crippen LogP contribution in [0.1, 0.15) is 11.1 Å². The second-order valence-electron chi connectivity index (χ2n) is 7.59. The van der Waals surface area contributed by atoms with E-state index in [9.17, 15) is 22.0 Å². The predicted octanol–water partition coefficient (Wildman–Crippen LogP) is 3.51. The van der Waals surface area contributed by atoms with Gasteiger partial charge in [-0.15, -0.1) is 0 Å². The minimum absolute atomic E-state index is 0.0832. The SMILES string of the molecule is COc1ccc(S(=O)(=O)NCC(=O)Nc2c(OC)ccc(OC)c2Cc2c(F)cccc2F)cc1OC. The highest BCUT2D eigenvalue weighted by Crippen LogP contribution is 2.37. The number of amides is 1. The fraction of sp³-hybridized carbons (Fsp3) is 0.240. The van der Waals surface area contributed by atoms with Crippen molar-refractivity contribution in [2.45, 2.75) is 11.3 Å². The maximum absolute atomic E-state index is 14.4. The molecule has 0 heterocycles. The van der Waals surface area contributed by atoms with Crippen LogP contribution >= 0.6 is 0 Å². The molecular weight excluding hydrogens is 510 g/mol. The molecule has 0 saturated heterocycles. The van der Waals surface area contributed by atoms with Gasteiger partial charge in [-0.3, -0.25) is 4.79 Å². The van der Waals surface area contributed by atoms with Gasteiger partial charge in [-0.25, -0.2) is 21.9 Å². The van der Waals surface area contributed by atoms with Crippen molar-refractivity contribution in [3.05, 3.63) is 71.3 Å². The molecule has 12 heteroatoms. The number of benzene rings is 3. The van der Waals surface area contributed by atoms with E-state index < -0.39 is 34.1 Å². The summed E-state index contributed by atoms with van der Waals surface area (Å²) in [4.78, 5) is 12.6. The molecule has 37 heavy (non-hydrogen) atoms. The minimum Gasteiger partial charge on any atom is -0.496 e. The predicted molar refractivity (Wildman–Crippen MR) is 132 cm³/mol. The highest BCUT2D eigenvalue weighted by atomic mass is 32.2. The van der Waals surface area contributed by atoms with Gasteiger partial charge in [-0.2, -0.15) is 0 Å². The molecule has 3 aromatic rings. The van der Waals surface area contributed by atoms with Crippen LogP contribution < -0.4 is 29.0 Å². The Kier molecular flexibility index (Phi) is 8.90. The lowest BCUT2D eigenvalue weighted by atomic mass is 10.00. The van der Waals surface area contributed by atoms with Crippen LogP contribution in [0.5, 0.6) is 23.0 Å². The average molecular weight is 537 g/mol. The Bertz CT molecular complexity index is 1380. The molecule has 0 unspecified atom stereocenters. The summed E-state index contributed by atoms with van der Waals surface area (Å²) in [5, 5.41) is 2.57. The smallest absolute Gasteiger partial charge is 0.241 e. The quantitative estimate of drug-likeness (QED) is 0.386. The van der Waals surface area contributed by atoms with Gasteiger partial charge in [0.2, 0.25) is 15.9 Å². The summed E-state index contributed by atoms with van der Waals surface area (Å²) >= 11 is 0. The monoisotopic (exact) mass is 536 g/mol. The van der Waals surface area contributed by atoms with Crippen LogP contribution in [0.3, 0.4) is 0 Å². The maximum atomic E-state index is 14.4. The number of rotatable bonds is 11. The second-order valence-corrected chi connectivity index (χ2v) is 9.36. The zero-order valence-corrected chi connectivity index (χ0v) is 21.4. The summed E-state index contributed by atoms with van der Waals surface area (Å²) < 4.78 is 77.3. The number of anilines is 1. The Morgan fingerprint density at radius 3 is 1.95 bits per heavy atom. The fourth-order valence-corrected chi connectivity index (χ4v) is 4.57. The van der Waals surface area contributed by atoms with Gasteiger partial charge in [0.25, 0.3) is 0 Å². The first-order valence-corrected chi connectivity index (χ1v) is 12.3. The molecule has 0 radical (unpaired) electrons. The third-order valence-electron chi connectivity index (χ3n) is 5.44. The van der Waals surface area contributed by atoms with Gasteiger partial charge in [0.15, 0.2) is 11.5 Å². The van der Waals surface area contributed by atoms with Crippen LogP contribution in [0.15, 0.2) is 53.4 Å². The van der Waals surface area contributed by atoms with Gasteiger partial charge < -0.3 is 24.3 Å². The summed E-state index contributed by atoms with van der Waals surface area (Å²) in [6, 6.07) is 10.5. The Hall–Kier alpha value is -3.90. The molecule has 0 fully saturated rings. The normalized spacial score (nSPS) is 11.1. The molecule has 0 aliphatic carbocycles. The molecule has 0 aliphatic rings. The molecule has 198 valence electrons. The molecule has 1 amide bonds. The molecule has 3 rings (SSSR count). The molecule has 0 spiro atoms. The van der Waals surface area contributed by atoms with Crippen molar-refractivity contribution in [1.29, 1.82) is 0 Å². The molecule has 3 aromatic carbocycles. The van der Waals surface area contributed by atoms with Crippen LogP contribution in [0, 0.1) is 11.6 Å². The average Bonchev–Trinajstić information content (AvgIpc) is 2.89. The number of nitrogens with one attached hydrogen (secondary N) is 2. The van der Waals surface area contributed by atoms with E-state index in [1.807, 2.05) is 0 Å². The molecule has 0 atom stereocenters. The fourth-order valence-electron chi connectivity index (χ4n) is 3.57. The Balaban J connectivity index is 1.87. The van der Waals surface area contributed by atoms with E-state index in [2.05, 4.69) is 10.0 Å². The first kappa shape index (κ1) is 27.7. The number of hydrogen-bond acceptors (Lipinski definition) is 7. The number of sulfonamides is 1. The van der Waals surface area contributed by atoms with E-state index in [4.69, 9.17) is 18.9 Å². The highest BCUT2D eigenvalue weighted by molar-refractivity contribution is 7.89. The molecule has 9 nitrogen and oxygen atoms in total. The number of methoxy groups -OCH3 is 4. The van der Waals surface area contributed by atoms with E-state index in [1.165, 1.54) is 64.8 Å². The van der Waals surface area contributed by atoms with E-state index in [-0.39, 0.29) is 45.4 Å². The summed E-state index contributed by atoms with van der Waals surface area (Å²) in [6.45, 7) is -0.648. The molecule has 0 saturated carbocycles. The maximum Gasteiger partial charge on any atom is 0.241 e. The summed E-state index contributed by atoms with van der Waals surface area (Å²) in [6.07, 6.45) is -0.272. The van der Waals surface area contributed by atoms with Gasteiger partial charge in [0.05, 0.1) is 45.6 Å². The summed E-state index contributed by atoms with van der Waals surface area (Å²) in [5.41, 5.74) is 0.0838. The third-order valence-corrected chi connectivity index (χ3v) is 6.84. The van der Waals surface area contributed by atoms with Crippen molar-refractivity contribution in [1.82, 2.24) is 4.72 Å². The van der Waals surface area contributed by atoms with Crippen molar-refractivity contribution in [2.75, 3.05) is 40.3 Å². The lowest BCUT2D eigenvalue weighted by Crippen LogP contribution is -2.33. The standard InChI is InChI=1S/C25H26F2N2O7S/c1-33-20-10-11-22(35-3)25(17(20)13-16-18(26)6-5-7-19(16)27)29-24(30)14-28-37(31,32)15-8-9-21(34-2)23(12-15)36-4/h5-12,28H,13-14H2,1-4H3,(H,29,30). The van der Waals surface area contributed by atoms with Gasteiger partial charge in [0.1, 0.15) is 23.1 Å². The van der Waals surface area contributed by atoms with Crippen LogP contribution in [0.4, 0.5) is 14.5 Å². The Morgan fingerprint density at radius 2 is 1.35 bits per heavy atom. The van der Waals surface area contributed by atoms with Gasteiger partial charge in [-0.1, -0.05) is 6.07 Å². The largest absolute Gasteiger partial charge is 0.496 e. The van der Waals surface area contributed by atoms with Crippen LogP contribution in [0.25, 0.3) is 0 Å². The van der Waals surface area contributed by atoms with Gasteiger partial charge >= 0.3 is 0 Å². The van der Waals surface area contributed by atoms with Crippen LogP contribution in [0.2, 0.25) is 0 Å². The van der Waals surface area contributed by atoms with E-state index in [0.717, 1.165) is 12.1 Å². The first-order valence-electron chi connectivity index (χ1n) is 10.8. The number of ether oxygens (including phenoxy) is 4. The topological polar surface area (TPSA) is 112 Å². The number of carbonyl (C=O) groups excluding carboxylic acids is 1. The van der Waals surface area contributed by atoms with Crippen molar-refractivity contribution in [3.63, 3.8) is 0 Å². The van der Waals surface area contributed by atoms with Gasteiger partial charge in [-0.05, 0) is 36.4 Å². The van der Waals surface area contributed by atoms with Crippen molar-refractivity contribution in [3.8, 4) is 23.0 Å². The zero-order valence-electron chi connectivity index (χ0n) is 20.6. The second kappa shape index (κ2) is 11.9. The molecule has 0 aromatic heterocycles. The first-order chi connectivity index (χ1) is 17.6. The minimum atomic E-state index is -4.11. The van der Waals surface area contributed by atoms with Crippen molar-refractivity contribution in [2.24, 2.45) is 0 Å². The van der Waals surface area contributed by atoms with Gasteiger partial charge in [0, 0.05) is 23.6 Å². The number of hydrogen-bond donors (Lipinski definition) is 2. The summed E-state index contributed by atoms with van der Waals surface area (Å²) in [5.74, 6) is -1.35. The molecule has 0 bridgehead atoms. The molecule has 0 aliphatic heterocycles. The number of carbonyl (C=O) groups is 1. The Labute approximate surface area is 213 Å². The van der Waals surface area contributed by atoms with Crippen LogP contribution in [-0.2, 0) is 21.2 Å². The van der Waals surface area contributed by atoms with Crippen LogP contribution in [-0.4, -0.2) is 49.3 Å². The van der Waals surface area contributed by atoms with Crippen molar-refractivity contribution < 1.29 is 40.9 Å². The zero-order chi connectivity index (χ0) is 27.2. The molecule has 2 N–H and O–H groups in total. The van der Waals surface area contributed by atoms with E-state index in [1.54, 1.807) is 0 Å². The highest BCUT2D eigenvalue weighted by Gasteiger charge is 2.22. The third kappa shape index (κ3) is 6.27. The van der Waals surface area contributed by atoms with E-state index >= 15 is 0 Å². The molecular formula is C25H26F2N2O7S. The van der Waals surface area contributed by atoms with Crippen molar-refractivity contribution >= 4 is 21.6 Å². The number of halogens is 2. The lowest BCUT2D eigenvalue weighted by Gasteiger charge is -2.19. The Morgan fingerprint density at radius 1 is 0.784 bits per heavy atom. The van der Waals surface area contributed by atoms with E-state index in [0.29, 0.717) is 5.75 Å². The summed E-state index contributed by atoms with van der Waals surface area (Å²) in [7, 11) is 1.39. The lowest BCUT2D eigenvalue weighted by molar-refractivity contribution is -0.115.